The molecular weight excluding hydrogens is 266 g/mol. The van der Waals surface area contributed by atoms with Gasteiger partial charge >= 0.3 is 0 Å². The van der Waals surface area contributed by atoms with E-state index in [0.29, 0.717) is 30.8 Å². The number of amides is 1. The molecule has 0 atom stereocenters. The smallest absolute Gasteiger partial charge is 0.251 e. The summed E-state index contributed by atoms with van der Waals surface area (Å²) in [6.07, 6.45) is 0. The maximum Gasteiger partial charge on any atom is 0.251 e. The standard InChI is InChI=1S/C12H19N3O3S/c1-3-15-19(17,18)10-5-4-9(2)11(8-10)12(16)14-7-6-13/h4-5,8,15H,3,6-7,13H2,1-2H3,(H,14,16). The monoisotopic (exact) mass is 285 g/mol. The molecule has 106 valence electrons. The molecule has 7 heteroatoms. The van der Waals surface area contributed by atoms with Crippen LogP contribution in [-0.4, -0.2) is 34.0 Å². The molecule has 1 aromatic carbocycles. The number of nitrogens with one attached hydrogen (secondary N) is 2. The number of nitrogens with two attached hydrogens (primary N) is 1. The van der Waals surface area contributed by atoms with E-state index in [1.165, 1.54) is 12.1 Å². The van der Waals surface area contributed by atoms with E-state index in [2.05, 4.69) is 10.0 Å². The van der Waals surface area contributed by atoms with Crippen molar-refractivity contribution in [2.24, 2.45) is 5.73 Å². The summed E-state index contributed by atoms with van der Waals surface area (Å²) in [6, 6.07) is 4.47. The van der Waals surface area contributed by atoms with Crippen LogP contribution in [0.1, 0.15) is 22.8 Å². The molecule has 0 bridgehead atoms. The summed E-state index contributed by atoms with van der Waals surface area (Å²) in [7, 11) is -3.56. The third-order valence-electron chi connectivity index (χ3n) is 2.53. The van der Waals surface area contributed by atoms with E-state index in [1.54, 1.807) is 19.9 Å². The first-order chi connectivity index (χ1) is 8.92. The summed E-state index contributed by atoms with van der Waals surface area (Å²) < 4.78 is 26.1. The van der Waals surface area contributed by atoms with Gasteiger partial charge in [-0.25, -0.2) is 13.1 Å². The zero-order valence-corrected chi connectivity index (χ0v) is 11.9. The second-order valence-corrected chi connectivity index (χ2v) is 5.79. The van der Waals surface area contributed by atoms with Crippen molar-refractivity contribution in [1.29, 1.82) is 0 Å². The normalized spacial score (nSPS) is 11.3. The molecule has 0 aliphatic rings. The number of rotatable bonds is 6. The van der Waals surface area contributed by atoms with Gasteiger partial charge in [0.05, 0.1) is 4.90 Å². The summed E-state index contributed by atoms with van der Waals surface area (Å²) in [5.41, 5.74) is 6.36. The minimum atomic E-state index is -3.56. The van der Waals surface area contributed by atoms with Crippen molar-refractivity contribution in [3.8, 4) is 0 Å². The summed E-state index contributed by atoms with van der Waals surface area (Å²) in [5, 5.41) is 2.62. The van der Waals surface area contributed by atoms with Crippen molar-refractivity contribution in [2.75, 3.05) is 19.6 Å². The Balaban J connectivity index is 3.11. The highest BCUT2D eigenvalue weighted by Gasteiger charge is 2.16. The number of carbonyl (C=O) groups is 1. The van der Waals surface area contributed by atoms with Gasteiger partial charge in [0, 0.05) is 25.2 Å². The van der Waals surface area contributed by atoms with E-state index in [0.717, 1.165) is 0 Å². The Morgan fingerprint density at radius 1 is 1.37 bits per heavy atom. The number of sulfonamides is 1. The van der Waals surface area contributed by atoms with Gasteiger partial charge in [-0.2, -0.15) is 0 Å². The molecule has 1 amide bonds. The number of aryl methyl sites for hydroxylation is 1. The van der Waals surface area contributed by atoms with Crippen LogP contribution in [0.2, 0.25) is 0 Å². The van der Waals surface area contributed by atoms with Gasteiger partial charge in [0.15, 0.2) is 0 Å². The molecule has 0 aliphatic heterocycles. The lowest BCUT2D eigenvalue weighted by molar-refractivity contribution is 0.0954. The Kier molecular flexibility index (Phi) is 5.46. The van der Waals surface area contributed by atoms with Crippen molar-refractivity contribution in [3.05, 3.63) is 29.3 Å². The van der Waals surface area contributed by atoms with E-state index in [1.807, 2.05) is 0 Å². The molecule has 0 aromatic heterocycles. The van der Waals surface area contributed by atoms with Gasteiger partial charge in [-0.05, 0) is 24.6 Å². The minimum absolute atomic E-state index is 0.0813. The van der Waals surface area contributed by atoms with Gasteiger partial charge in [-0.15, -0.1) is 0 Å². The molecule has 0 radical (unpaired) electrons. The third-order valence-corrected chi connectivity index (χ3v) is 4.07. The number of hydrogen-bond donors (Lipinski definition) is 3. The van der Waals surface area contributed by atoms with Crippen molar-refractivity contribution in [1.82, 2.24) is 10.0 Å². The highest BCUT2D eigenvalue weighted by molar-refractivity contribution is 7.89. The van der Waals surface area contributed by atoms with Crippen LogP contribution in [0.3, 0.4) is 0 Å². The minimum Gasteiger partial charge on any atom is -0.351 e. The first-order valence-corrected chi connectivity index (χ1v) is 7.49. The van der Waals surface area contributed by atoms with Gasteiger partial charge in [-0.1, -0.05) is 13.0 Å². The molecule has 0 saturated heterocycles. The van der Waals surface area contributed by atoms with Gasteiger partial charge < -0.3 is 11.1 Å². The van der Waals surface area contributed by atoms with E-state index in [4.69, 9.17) is 5.73 Å². The lowest BCUT2D eigenvalue weighted by Gasteiger charge is -2.10. The molecule has 0 fully saturated rings. The summed E-state index contributed by atoms with van der Waals surface area (Å²) >= 11 is 0. The second-order valence-electron chi connectivity index (χ2n) is 4.02. The fraction of sp³-hybridized carbons (Fsp3) is 0.417. The van der Waals surface area contributed by atoms with Crippen LogP contribution in [-0.2, 0) is 10.0 Å². The molecule has 0 aliphatic carbocycles. The molecular formula is C12H19N3O3S. The van der Waals surface area contributed by atoms with E-state index in [-0.39, 0.29) is 10.8 Å². The Bertz CT molecular complexity index is 555. The first kappa shape index (κ1) is 15.6. The predicted molar refractivity (Wildman–Crippen MR) is 73.4 cm³/mol. The van der Waals surface area contributed by atoms with E-state index >= 15 is 0 Å². The average Bonchev–Trinajstić information content (AvgIpc) is 2.36. The van der Waals surface area contributed by atoms with Crippen molar-refractivity contribution < 1.29 is 13.2 Å². The highest BCUT2D eigenvalue weighted by Crippen LogP contribution is 2.15. The Morgan fingerprint density at radius 2 is 2.05 bits per heavy atom. The van der Waals surface area contributed by atoms with Crippen LogP contribution in [0.5, 0.6) is 0 Å². The zero-order valence-electron chi connectivity index (χ0n) is 11.1. The number of hydrogen-bond acceptors (Lipinski definition) is 4. The molecule has 1 aromatic rings. The van der Waals surface area contributed by atoms with Crippen LogP contribution in [0.15, 0.2) is 23.1 Å². The maximum absolute atomic E-state index is 11.9. The van der Waals surface area contributed by atoms with Gasteiger partial charge in [0.25, 0.3) is 5.91 Å². The Morgan fingerprint density at radius 3 is 2.63 bits per heavy atom. The van der Waals surface area contributed by atoms with Crippen LogP contribution < -0.4 is 15.8 Å². The van der Waals surface area contributed by atoms with Crippen molar-refractivity contribution in [3.63, 3.8) is 0 Å². The quantitative estimate of drug-likeness (QED) is 0.683. The van der Waals surface area contributed by atoms with Crippen LogP contribution in [0, 0.1) is 6.92 Å². The zero-order chi connectivity index (χ0) is 14.5. The average molecular weight is 285 g/mol. The molecule has 1 rings (SSSR count). The van der Waals surface area contributed by atoms with Crippen molar-refractivity contribution in [2.45, 2.75) is 18.7 Å². The van der Waals surface area contributed by atoms with Gasteiger partial charge in [-0.3, -0.25) is 4.79 Å². The third kappa shape index (κ3) is 4.02. The second kappa shape index (κ2) is 6.65. The molecule has 6 nitrogen and oxygen atoms in total. The highest BCUT2D eigenvalue weighted by atomic mass is 32.2. The number of benzene rings is 1. The lowest BCUT2D eigenvalue weighted by atomic mass is 10.1. The maximum atomic E-state index is 11.9. The van der Waals surface area contributed by atoms with Gasteiger partial charge in [0.2, 0.25) is 10.0 Å². The fourth-order valence-corrected chi connectivity index (χ4v) is 2.63. The van der Waals surface area contributed by atoms with Gasteiger partial charge in [0.1, 0.15) is 0 Å². The first-order valence-electron chi connectivity index (χ1n) is 6.01. The van der Waals surface area contributed by atoms with Crippen molar-refractivity contribution >= 4 is 15.9 Å². The summed E-state index contributed by atoms with van der Waals surface area (Å²) in [6.45, 7) is 4.43. The van der Waals surface area contributed by atoms with Crippen LogP contribution in [0.25, 0.3) is 0 Å². The molecule has 0 unspecified atom stereocenters. The van der Waals surface area contributed by atoms with Crippen LogP contribution >= 0.6 is 0 Å². The Hall–Kier alpha value is -1.44. The largest absolute Gasteiger partial charge is 0.351 e. The van der Waals surface area contributed by atoms with E-state index in [9.17, 15) is 13.2 Å². The summed E-state index contributed by atoms with van der Waals surface area (Å²) in [5.74, 6) is -0.323. The predicted octanol–water partition coefficient (Wildman–Crippen LogP) is -0.0183. The molecule has 4 N–H and O–H groups in total. The lowest BCUT2D eigenvalue weighted by Crippen LogP contribution is -2.30. The summed E-state index contributed by atoms with van der Waals surface area (Å²) in [4.78, 5) is 12.0. The SMILES string of the molecule is CCNS(=O)(=O)c1ccc(C)c(C(=O)NCCN)c1. The Labute approximate surface area is 113 Å². The van der Waals surface area contributed by atoms with E-state index < -0.39 is 10.0 Å². The molecule has 0 heterocycles. The number of carbonyl (C=O) groups excluding carboxylic acids is 1. The molecule has 0 spiro atoms. The van der Waals surface area contributed by atoms with Crippen LogP contribution in [0.4, 0.5) is 0 Å². The molecule has 19 heavy (non-hydrogen) atoms. The molecule has 0 saturated carbocycles. The topological polar surface area (TPSA) is 101 Å². The fourth-order valence-electron chi connectivity index (χ4n) is 1.57.